The van der Waals surface area contributed by atoms with E-state index in [1.54, 1.807) is 6.20 Å². The molecule has 0 aliphatic heterocycles. The Morgan fingerprint density at radius 2 is 2.29 bits per heavy atom. The van der Waals surface area contributed by atoms with Gasteiger partial charge in [0, 0.05) is 18.9 Å². The van der Waals surface area contributed by atoms with Crippen LogP contribution in [0.2, 0.25) is 0 Å². The Morgan fingerprint density at radius 3 is 2.86 bits per heavy atom. The zero-order valence-corrected chi connectivity index (χ0v) is 8.94. The van der Waals surface area contributed by atoms with E-state index in [1.807, 2.05) is 10.8 Å². The van der Waals surface area contributed by atoms with E-state index in [-0.39, 0.29) is 0 Å². The highest BCUT2D eigenvalue weighted by Crippen LogP contribution is 2.19. The van der Waals surface area contributed by atoms with Crippen LogP contribution in [-0.4, -0.2) is 21.0 Å². The van der Waals surface area contributed by atoms with Crippen molar-refractivity contribution in [3.63, 3.8) is 0 Å². The lowest BCUT2D eigenvalue weighted by Crippen LogP contribution is -2.11. The molecule has 0 fully saturated rings. The summed E-state index contributed by atoms with van der Waals surface area (Å²) in [5, 5.41) is 11.4. The lowest BCUT2D eigenvalue weighted by Gasteiger charge is -2.18. The van der Waals surface area contributed by atoms with E-state index in [1.165, 1.54) is 6.21 Å². The Morgan fingerprint density at radius 1 is 1.57 bits per heavy atom. The highest BCUT2D eigenvalue weighted by molar-refractivity contribution is 5.74. The predicted octanol–water partition coefficient (Wildman–Crippen LogP) is 2.13. The molecule has 0 atom stereocenters. The number of nitrogens with zero attached hydrogens (tertiary/aromatic N) is 3. The van der Waals surface area contributed by atoms with Gasteiger partial charge in [0.1, 0.15) is 6.21 Å². The molecule has 0 saturated heterocycles. The van der Waals surface area contributed by atoms with Crippen LogP contribution < -0.4 is 0 Å². The second-order valence-electron chi connectivity index (χ2n) is 4.53. The van der Waals surface area contributed by atoms with Gasteiger partial charge >= 0.3 is 0 Å². The maximum absolute atomic E-state index is 8.41. The van der Waals surface area contributed by atoms with Crippen LogP contribution >= 0.6 is 0 Å². The lowest BCUT2D eigenvalue weighted by molar-refractivity contribution is 0.321. The van der Waals surface area contributed by atoms with E-state index in [0.29, 0.717) is 11.2 Å². The molecular weight excluding hydrogens is 178 g/mol. The summed E-state index contributed by atoms with van der Waals surface area (Å²) in [6.45, 7) is 7.49. The van der Waals surface area contributed by atoms with E-state index in [2.05, 4.69) is 30.9 Å². The molecule has 0 amide bonds. The van der Waals surface area contributed by atoms with E-state index >= 15 is 0 Å². The lowest BCUT2D eigenvalue weighted by atomic mass is 9.92. The first-order chi connectivity index (χ1) is 6.53. The fourth-order valence-corrected chi connectivity index (χ4v) is 1.14. The molecule has 1 N–H and O–H groups in total. The van der Waals surface area contributed by atoms with Crippen molar-refractivity contribution in [2.45, 2.75) is 33.7 Å². The highest BCUT2D eigenvalue weighted by Gasteiger charge is 2.10. The van der Waals surface area contributed by atoms with Crippen LogP contribution in [0.3, 0.4) is 0 Å². The zero-order valence-electron chi connectivity index (χ0n) is 8.94. The first-order valence-corrected chi connectivity index (χ1v) is 4.71. The smallest absolute Gasteiger partial charge is 0.154 e. The Kier molecular flexibility index (Phi) is 3.28. The minimum Gasteiger partial charge on any atom is -0.411 e. The SMILES string of the molecule is CC(C)(C)CCn1ccnc1/C=N/O. The van der Waals surface area contributed by atoms with Gasteiger partial charge in [-0.3, -0.25) is 0 Å². The fourth-order valence-electron chi connectivity index (χ4n) is 1.14. The van der Waals surface area contributed by atoms with Gasteiger partial charge in [0.05, 0.1) is 0 Å². The van der Waals surface area contributed by atoms with E-state index in [4.69, 9.17) is 5.21 Å². The molecule has 0 saturated carbocycles. The molecule has 4 heteroatoms. The number of aromatic nitrogens is 2. The third-order valence-electron chi connectivity index (χ3n) is 2.02. The summed E-state index contributed by atoms with van der Waals surface area (Å²) in [5.41, 5.74) is 0.303. The summed E-state index contributed by atoms with van der Waals surface area (Å²) < 4.78 is 1.98. The van der Waals surface area contributed by atoms with Gasteiger partial charge in [0.15, 0.2) is 5.82 Å². The predicted molar refractivity (Wildman–Crippen MR) is 55.7 cm³/mol. The van der Waals surface area contributed by atoms with Crippen molar-refractivity contribution in [3.05, 3.63) is 18.2 Å². The second-order valence-corrected chi connectivity index (χ2v) is 4.53. The topological polar surface area (TPSA) is 50.4 Å². The monoisotopic (exact) mass is 195 g/mol. The molecule has 1 rings (SSSR count). The minimum absolute atomic E-state index is 0.303. The number of oxime groups is 1. The van der Waals surface area contributed by atoms with Crippen molar-refractivity contribution in [1.29, 1.82) is 0 Å². The molecular formula is C10H17N3O. The molecule has 0 aromatic carbocycles. The van der Waals surface area contributed by atoms with Crippen molar-refractivity contribution in [3.8, 4) is 0 Å². The fraction of sp³-hybridized carbons (Fsp3) is 0.600. The quantitative estimate of drug-likeness (QED) is 0.456. The standard InChI is InChI=1S/C10H17N3O/c1-10(2,3)4-6-13-7-5-11-9(13)8-12-14/h5,7-8,14H,4,6H2,1-3H3/b12-8+. The third kappa shape index (κ3) is 3.20. The Labute approximate surface area is 84.3 Å². The first-order valence-electron chi connectivity index (χ1n) is 4.71. The summed E-state index contributed by atoms with van der Waals surface area (Å²) in [5.74, 6) is 0.691. The third-order valence-corrected chi connectivity index (χ3v) is 2.02. The summed E-state index contributed by atoms with van der Waals surface area (Å²) in [7, 11) is 0. The molecule has 0 unspecified atom stereocenters. The number of imidazole rings is 1. The summed E-state index contributed by atoms with van der Waals surface area (Å²) >= 11 is 0. The largest absolute Gasteiger partial charge is 0.411 e. The molecule has 0 aliphatic carbocycles. The molecule has 78 valence electrons. The average Bonchev–Trinajstić information content (AvgIpc) is 2.48. The molecule has 0 bridgehead atoms. The summed E-state index contributed by atoms with van der Waals surface area (Å²) in [6.07, 6.45) is 6.01. The highest BCUT2D eigenvalue weighted by atomic mass is 16.4. The number of rotatable bonds is 3. The van der Waals surface area contributed by atoms with E-state index in [9.17, 15) is 0 Å². The van der Waals surface area contributed by atoms with Gasteiger partial charge in [-0.05, 0) is 11.8 Å². The van der Waals surface area contributed by atoms with Gasteiger partial charge < -0.3 is 9.77 Å². The van der Waals surface area contributed by atoms with Gasteiger partial charge in [-0.15, -0.1) is 0 Å². The zero-order chi connectivity index (χ0) is 10.6. The Balaban J connectivity index is 2.63. The van der Waals surface area contributed by atoms with Crippen molar-refractivity contribution in [1.82, 2.24) is 9.55 Å². The van der Waals surface area contributed by atoms with Crippen LogP contribution in [0.25, 0.3) is 0 Å². The molecule has 0 radical (unpaired) electrons. The van der Waals surface area contributed by atoms with Crippen molar-refractivity contribution in [2.24, 2.45) is 10.6 Å². The van der Waals surface area contributed by atoms with Crippen molar-refractivity contribution >= 4 is 6.21 Å². The van der Waals surface area contributed by atoms with E-state index in [0.717, 1.165) is 13.0 Å². The Hall–Kier alpha value is -1.32. The molecule has 1 aromatic heterocycles. The summed E-state index contributed by atoms with van der Waals surface area (Å²) in [4.78, 5) is 4.06. The van der Waals surface area contributed by atoms with Crippen molar-refractivity contribution in [2.75, 3.05) is 0 Å². The van der Waals surface area contributed by atoms with Gasteiger partial charge in [0.25, 0.3) is 0 Å². The molecule has 1 heterocycles. The van der Waals surface area contributed by atoms with Gasteiger partial charge in [-0.25, -0.2) is 4.98 Å². The summed E-state index contributed by atoms with van der Waals surface area (Å²) in [6, 6.07) is 0. The van der Waals surface area contributed by atoms with Crippen LogP contribution in [0.4, 0.5) is 0 Å². The molecule has 1 aromatic rings. The van der Waals surface area contributed by atoms with Crippen LogP contribution in [-0.2, 0) is 6.54 Å². The number of hydrogen-bond donors (Lipinski definition) is 1. The van der Waals surface area contributed by atoms with Gasteiger partial charge in [-0.1, -0.05) is 25.9 Å². The second kappa shape index (κ2) is 4.26. The van der Waals surface area contributed by atoms with Crippen LogP contribution in [0.15, 0.2) is 17.5 Å². The first kappa shape index (κ1) is 10.8. The number of hydrogen-bond acceptors (Lipinski definition) is 3. The van der Waals surface area contributed by atoms with Gasteiger partial charge in [-0.2, -0.15) is 0 Å². The molecule has 0 spiro atoms. The van der Waals surface area contributed by atoms with Crippen LogP contribution in [0.5, 0.6) is 0 Å². The van der Waals surface area contributed by atoms with Crippen LogP contribution in [0, 0.1) is 5.41 Å². The molecule has 14 heavy (non-hydrogen) atoms. The van der Waals surface area contributed by atoms with E-state index < -0.39 is 0 Å². The van der Waals surface area contributed by atoms with Gasteiger partial charge in [0.2, 0.25) is 0 Å². The normalized spacial score (nSPS) is 12.5. The van der Waals surface area contributed by atoms with Crippen molar-refractivity contribution < 1.29 is 5.21 Å². The Bertz CT molecular complexity index is 309. The number of aryl methyl sites for hydroxylation is 1. The molecule has 0 aliphatic rings. The maximum Gasteiger partial charge on any atom is 0.154 e. The minimum atomic E-state index is 0.303. The average molecular weight is 195 g/mol. The molecule has 4 nitrogen and oxygen atoms in total. The van der Waals surface area contributed by atoms with Crippen LogP contribution in [0.1, 0.15) is 33.0 Å². The maximum atomic E-state index is 8.41.